The van der Waals surface area contributed by atoms with Gasteiger partial charge in [0.1, 0.15) is 0 Å². The Kier molecular flexibility index (Phi) is 3.33. The average Bonchev–Trinajstić information content (AvgIpc) is 2.49. The van der Waals surface area contributed by atoms with Gasteiger partial charge in [-0.25, -0.2) is 0 Å². The van der Waals surface area contributed by atoms with Crippen LogP contribution in [0, 0.1) is 0 Å². The van der Waals surface area contributed by atoms with E-state index >= 15 is 0 Å². The molecule has 1 amide bonds. The molecule has 0 unspecified atom stereocenters. The third kappa shape index (κ3) is 3.23. The fourth-order valence-corrected chi connectivity index (χ4v) is 1.21. The van der Waals surface area contributed by atoms with Crippen LogP contribution in [0.25, 0.3) is 0 Å². The van der Waals surface area contributed by atoms with E-state index in [2.05, 4.69) is 21.8 Å². The Labute approximate surface area is 93.4 Å². The molecule has 0 bridgehead atoms. The minimum Gasteiger partial charge on any atom is -0.294 e. The molecule has 0 atom stereocenters. The van der Waals surface area contributed by atoms with Crippen LogP contribution >= 0.6 is 22.9 Å². The summed E-state index contributed by atoms with van der Waals surface area (Å²) in [5.41, 5.74) is 0. The van der Waals surface area contributed by atoms with E-state index in [1.807, 2.05) is 0 Å². The Hall–Kier alpha value is -1.03. The molecule has 90 valence electrons. The Morgan fingerprint density at radius 2 is 1.81 bits per heavy atom. The Bertz CT molecular complexity index is 400. The van der Waals surface area contributed by atoms with Crippen LogP contribution in [0.5, 0.6) is 0 Å². The summed E-state index contributed by atoms with van der Waals surface area (Å²) in [5.74, 6) is -1.97. The van der Waals surface area contributed by atoms with Crippen LogP contribution in [0.15, 0.2) is 0 Å². The maximum atomic E-state index is 12.1. The summed E-state index contributed by atoms with van der Waals surface area (Å²) in [5, 5.41) is 0.633. The van der Waals surface area contributed by atoms with E-state index in [0.29, 0.717) is 0 Å². The molecule has 0 aliphatic rings. The van der Waals surface area contributed by atoms with Crippen molar-refractivity contribution in [2.45, 2.75) is 11.6 Å². The van der Waals surface area contributed by atoms with Gasteiger partial charge in [-0.05, 0) is 11.6 Å². The Balaban J connectivity index is 2.78. The van der Waals surface area contributed by atoms with E-state index < -0.39 is 27.6 Å². The zero-order valence-corrected chi connectivity index (χ0v) is 8.55. The molecule has 0 spiro atoms. The van der Waals surface area contributed by atoms with Gasteiger partial charge in [-0.1, -0.05) is 11.3 Å². The van der Waals surface area contributed by atoms with E-state index in [1.165, 1.54) is 5.32 Å². The molecule has 1 aromatic heterocycles. The molecule has 1 aromatic rings. The third-order valence-electron chi connectivity index (χ3n) is 1.15. The van der Waals surface area contributed by atoms with Gasteiger partial charge in [-0.15, -0.1) is 10.2 Å². The van der Waals surface area contributed by atoms with Crippen LogP contribution in [0.1, 0.15) is 5.01 Å². The molecular formula is C5HClF5N3OS. The van der Waals surface area contributed by atoms with Crippen molar-refractivity contribution in [3.63, 3.8) is 0 Å². The first-order valence-electron chi connectivity index (χ1n) is 3.39. The zero-order valence-electron chi connectivity index (χ0n) is 6.98. The molecule has 1 rings (SSSR count). The van der Waals surface area contributed by atoms with Crippen molar-refractivity contribution in [2.75, 3.05) is 5.32 Å². The van der Waals surface area contributed by atoms with Crippen molar-refractivity contribution in [1.82, 2.24) is 10.2 Å². The quantitative estimate of drug-likeness (QED) is 0.668. The highest BCUT2D eigenvalue weighted by atomic mass is 35.5. The van der Waals surface area contributed by atoms with Gasteiger partial charge in [0.05, 0.1) is 0 Å². The Morgan fingerprint density at radius 1 is 1.25 bits per heavy atom. The van der Waals surface area contributed by atoms with Gasteiger partial charge in [0.25, 0.3) is 0 Å². The fraction of sp³-hybridized carbons (Fsp3) is 0.400. The zero-order chi connectivity index (χ0) is 12.6. The number of hydrogen-bond acceptors (Lipinski definition) is 4. The van der Waals surface area contributed by atoms with E-state index in [4.69, 9.17) is 0 Å². The molecule has 1 heterocycles. The lowest BCUT2D eigenvalue weighted by Crippen LogP contribution is -2.28. The molecule has 1 N–H and O–H groups in total. The summed E-state index contributed by atoms with van der Waals surface area (Å²) in [6.07, 6.45) is -4.75. The number of aromatic nitrogens is 2. The fourth-order valence-electron chi connectivity index (χ4n) is 0.556. The van der Waals surface area contributed by atoms with Crippen LogP contribution in [0.2, 0.25) is 0 Å². The molecule has 11 heteroatoms. The number of halogens is 6. The van der Waals surface area contributed by atoms with Crippen LogP contribution in [-0.4, -0.2) is 21.5 Å². The number of anilines is 1. The summed E-state index contributed by atoms with van der Waals surface area (Å²) >= 11 is 4.23. The van der Waals surface area contributed by atoms with Crippen molar-refractivity contribution in [2.24, 2.45) is 0 Å². The second-order valence-electron chi connectivity index (χ2n) is 2.36. The molecular weight excluding hydrogens is 281 g/mol. The summed E-state index contributed by atoms with van der Waals surface area (Å²) in [4.78, 5) is 10.6. The van der Waals surface area contributed by atoms with Crippen molar-refractivity contribution < 1.29 is 26.7 Å². The number of amides is 1. The van der Waals surface area contributed by atoms with E-state index in [0.717, 1.165) is 0 Å². The molecule has 0 radical (unpaired) electrons. The highest BCUT2D eigenvalue weighted by Gasteiger charge is 2.38. The Morgan fingerprint density at radius 3 is 2.19 bits per heavy atom. The number of carbonyl (C=O) groups is 1. The summed E-state index contributed by atoms with van der Waals surface area (Å²) in [6, 6.07) is 0. The predicted molar refractivity (Wildman–Crippen MR) is 44.3 cm³/mol. The van der Waals surface area contributed by atoms with Gasteiger partial charge in [-0.3, -0.25) is 10.1 Å². The summed E-state index contributed by atoms with van der Waals surface area (Å²) < 4.78 is 60.2. The largest absolute Gasteiger partial charge is 0.445 e. The lowest BCUT2D eigenvalue weighted by Gasteiger charge is -2.05. The van der Waals surface area contributed by atoms with Gasteiger partial charge in [-0.2, -0.15) is 22.0 Å². The molecule has 16 heavy (non-hydrogen) atoms. The van der Waals surface area contributed by atoms with Crippen molar-refractivity contribution in [3.8, 4) is 0 Å². The van der Waals surface area contributed by atoms with Gasteiger partial charge >= 0.3 is 17.5 Å². The lowest BCUT2D eigenvalue weighted by atomic mass is 10.6. The average molecular weight is 282 g/mol. The maximum absolute atomic E-state index is 12.1. The minimum absolute atomic E-state index is 0.0869. The molecule has 0 aromatic carbocycles. The topological polar surface area (TPSA) is 54.9 Å². The first-order chi connectivity index (χ1) is 7.10. The predicted octanol–water partition coefficient (Wildman–Crippen LogP) is 2.33. The molecule has 0 saturated heterocycles. The molecule has 0 aliphatic heterocycles. The van der Waals surface area contributed by atoms with Crippen molar-refractivity contribution in [3.05, 3.63) is 5.01 Å². The van der Waals surface area contributed by atoms with E-state index in [9.17, 15) is 26.7 Å². The summed E-state index contributed by atoms with van der Waals surface area (Å²) in [6.45, 7) is 0. The van der Waals surface area contributed by atoms with E-state index in [-0.39, 0.29) is 11.3 Å². The summed E-state index contributed by atoms with van der Waals surface area (Å²) in [7, 11) is 0. The van der Waals surface area contributed by atoms with Crippen LogP contribution < -0.4 is 5.32 Å². The van der Waals surface area contributed by atoms with Gasteiger partial charge in [0.2, 0.25) is 10.1 Å². The maximum Gasteiger partial charge on any atom is 0.445 e. The second kappa shape index (κ2) is 4.09. The molecule has 0 fully saturated rings. The van der Waals surface area contributed by atoms with Crippen LogP contribution in [0.3, 0.4) is 0 Å². The molecule has 0 aliphatic carbocycles. The number of hydrogen-bond donors (Lipinski definition) is 1. The lowest BCUT2D eigenvalue weighted by molar-refractivity contribution is -0.138. The third-order valence-corrected chi connectivity index (χ3v) is 2.20. The SMILES string of the molecule is O=C(Nc1nnc(C(F)(F)F)s1)C(F)(F)Cl. The first kappa shape index (κ1) is 13.0. The van der Waals surface area contributed by atoms with Crippen LogP contribution in [0.4, 0.5) is 27.1 Å². The smallest absolute Gasteiger partial charge is 0.294 e. The highest BCUT2D eigenvalue weighted by Crippen LogP contribution is 2.33. The number of nitrogens with one attached hydrogen (secondary N) is 1. The van der Waals surface area contributed by atoms with Crippen molar-refractivity contribution in [1.29, 1.82) is 0 Å². The van der Waals surface area contributed by atoms with Crippen LogP contribution in [-0.2, 0) is 11.0 Å². The van der Waals surface area contributed by atoms with Crippen molar-refractivity contribution >= 4 is 34.0 Å². The first-order valence-corrected chi connectivity index (χ1v) is 4.59. The number of nitrogens with zero attached hydrogens (tertiary/aromatic N) is 2. The molecule has 4 nitrogen and oxygen atoms in total. The highest BCUT2D eigenvalue weighted by molar-refractivity contribution is 7.15. The van der Waals surface area contributed by atoms with E-state index in [1.54, 1.807) is 0 Å². The second-order valence-corrected chi connectivity index (χ2v) is 3.81. The monoisotopic (exact) mass is 281 g/mol. The number of carbonyl (C=O) groups excluding carboxylic acids is 1. The standard InChI is InChI=1S/C5HClF5N3OS/c6-4(7,8)1(15)12-3-14-13-2(16-3)5(9,10)11/h(H,12,14,15). The number of rotatable bonds is 2. The van der Waals surface area contributed by atoms with Gasteiger partial charge in [0, 0.05) is 0 Å². The number of alkyl halides is 6. The van der Waals surface area contributed by atoms with Gasteiger partial charge < -0.3 is 0 Å². The molecule has 0 saturated carbocycles. The van der Waals surface area contributed by atoms with Gasteiger partial charge in [0.15, 0.2) is 0 Å². The normalized spacial score (nSPS) is 12.6. The minimum atomic E-state index is -4.75.